The van der Waals surface area contributed by atoms with Gasteiger partial charge in [-0.05, 0) is 43.3 Å². The highest BCUT2D eigenvalue weighted by molar-refractivity contribution is 5.92. The number of carbonyl (C=O) groups is 1. The molecule has 0 saturated carbocycles. The molecule has 0 atom stereocenters. The number of anilines is 2. The minimum atomic E-state index is -0.162. The summed E-state index contributed by atoms with van der Waals surface area (Å²) in [4.78, 5) is 14.3. The van der Waals surface area contributed by atoms with E-state index in [9.17, 15) is 4.79 Å². The van der Waals surface area contributed by atoms with E-state index in [-0.39, 0.29) is 12.5 Å². The topological polar surface area (TPSA) is 53.6 Å². The Morgan fingerprint density at radius 1 is 1.08 bits per heavy atom. The summed E-state index contributed by atoms with van der Waals surface area (Å²) in [6.07, 6.45) is 0. The van der Waals surface area contributed by atoms with Gasteiger partial charge in [-0.15, -0.1) is 0 Å². The zero-order valence-corrected chi connectivity index (χ0v) is 13.9. The lowest BCUT2D eigenvalue weighted by atomic mass is 10.2. The zero-order chi connectivity index (χ0) is 16.8. The maximum atomic E-state index is 12.0. The number of piperazine rings is 1. The fourth-order valence-electron chi connectivity index (χ4n) is 2.66. The number of hydrogen-bond donors (Lipinski definition) is 2. The van der Waals surface area contributed by atoms with Gasteiger partial charge >= 0.3 is 0 Å². The Morgan fingerprint density at radius 3 is 2.42 bits per heavy atom. The van der Waals surface area contributed by atoms with Crippen molar-refractivity contribution in [2.45, 2.75) is 6.92 Å². The molecule has 5 nitrogen and oxygen atoms in total. The van der Waals surface area contributed by atoms with Crippen LogP contribution in [-0.4, -0.2) is 38.7 Å². The molecule has 0 bridgehead atoms. The third-order valence-corrected chi connectivity index (χ3v) is 4.02. The van der Waals surface area contributed by atoms with Crippen LogP contribution < -0.4 is 20.3 Å². The van der Waals surface area contributed by atoms with E-state index in [0.717, 1.165) is 37.4 Å². The monoisotopic (exact) mass is 325 g/mol. The number of ether oxygens (including phenoxy) is 1. The molecule has 5 heteroatoms. The predicted octanol–water partition coefficient (Wildman–Crippen LogP) is 2.42. The van der Waals surface area contributed by atoms with Crippen LogP contribution in [0.15, 0.2) is 48.5 Å². The van der Waals surface area contributed by atoms with E-state index in [4.69, 9.17) is 4.74 Å². The van der Waals surface area contributed by atoms with E-state index < -0.39 is 0 Å². The fraction of sp³-hybridized carbons (Fsp3) is 0.316. The number of carbonyl (C=O) groups excluding carboxylic acids is 1. The molecular formula is C19H23N3O2. The summed E-state index contributed by atoms with van der Waals surface area (Å²) in [7, 11) is 0. The quantitative estimate of drug-likeness (QED) is 0.886. The first-order chi connectivity index (χ1) is 11.7. The summed E-state index contributed by atoms with van der Waals surface area (Å²) in [5, 5.41) is 6.20. The minimum Gasteiger partial charge on any atom is -0.484 e. The van der Waals surface area contributed by atoms with Crippen LogP contribution in [0.4, 0.5) is 11.4 Å². The normalized spacial score (nSPS) is 14.3. The summed E-state index contributed by atoms with van der Waals surface area (Å²) in [6, 6.07) is 15.6. The lowest BCUT2D eigenvalue weighted by molar-refractivity contribution is -0.118. The minimum absolute atomic E-state index is 0.00259. The molecule has 0 unspecified atom stereocenters. The van der Waals surface area contributed by atoms with Gasteiger partial charge in [0.15, 0.2) is 6.61 Å². The smallest absolute Gasteiger partial charge is 0.262 e. The third-order valence-electron chi connectivity index (χ3n) is 4.02. The van der Waals surface area contributed by atoms with Gasteiger partial charge < -0.3 is 20.3 Å². The van der Waals surface area contributed by atoms with E-state index in [1.54, 1.807) is 0 Å². The predicted molar refractivity (Wildman–Crippen MR) is 96.8 cm³/mol. The first-order valence-electron chi connectivity index (χ1n) is 8.26. The van der Waals surface area contributed by atoms with E-state index >= 15 is 0 Å². The Balaban J connectivity index is 1.49. The van der Waals surface area contributed by atoms with Gasteiger partial charge in [-0.2, -0.15) is 0 Å². The van der Waals surface area contributed by atoms with Crippen molar-refractivity contribution in [3.05, 3.63) is 54.1 Å². The molecular weight excluding hydrogens is 302 g/mol. The van der Waals surface area contributed by atoms with Crippen molar-refractivity contribution < 1.29 is 9.53 Å². The van der Waals surface area contributed by atoms with Crippen molar-refractivity contribution in [3.63, 3.8) is 0 Å². The number of amides is 1. The number of nitrogens with zero attached hydrogens (tertiary/aromatic N) is 1. The molecule has 2 N–H and O–H groups in total. The number of hydrogen-bond acceptors (Lipinski definition) is 4. The average Bonchev–Trinajstić information content (AvgIpc) is 2.63. The second kappa shape index (κ2) is 7.84. The van der Waals surface area contributed by atoms with Crippen molar-refractivity contribution in [1.29, 1.82) is 0 Å². The molecule has 0 radical (unpaired) electrons. The maximum absolute atomic E-state index is 12.0. The van der Waals surface area contributed by atoms with Crippen molar-refractivity contribution >= 4 is 17.3 Å². The highest BCUT2D eigenvalue weighted by Crippen LogP contribution is 2.18. The van der Waals surface area contributed by atoms with Crippen LogP contribution in [0.2, 0.25) is 0 Å². The van der Waals surface area contributed by atoms with Gasteiger partial charge in [0.25, 0.3) is 5.91 Å². The largest absolute Gasteiger partial charge is 0.484 e. The van der Waals surface area contributed by atoms with Crippen LogP contribution in [0.5, 0.6) is 5.75 Å². The highest BCUT2D eigenvalue weighted by atomic mass is 16.5. The molecule has 2 aromatic rings. The Morgan fingerprint density at radius 2 is 1.75 bits per heavy atom. The lowest BCUT2D eigenvalue weighted by Gasteiger charge is -2.29. The van der Waals surface area contributed by atoms with Gasteiger partial charge in [-0.3, -0.25) is 4.79 Å². The number of nitrogens with one attached hydrogen (secondary N) is 2. The van der Waals surface area contributed by atoms with Crippen LogP contribution in [-0.2, 0) is 4.79 Å². The van der Waals surface area contributed by atoms with E-state index in [0.29, 0.717) is 5.75 Å². The Kier molecular flexibility index (Phi) is 5.33. The van der Waals surface area contributed by atoms with Crippen molar-refractivity contribution in [2.75, 3.05) is 43.0 Å². The van der Waals surface area contributed by atoms with E-state index in [2.05, 4.69) is 15.5 Å². The van der Waals surface area contributed by atoms with Crippen molar-refractivity contribution in [3.8, 4) is 5.75 Å². The molecule has 126 valence electrons. The average molecular weight is 325 g/mol. The highest BCUT2D eigenvalue weighted by Gasteiger charge is 2.10. The number of benzene rings is 2. The SMILES string of the molecule is Cc1ccc(OCC(=O)Nc2ccc(N3CCNCC3)cc2)cc1. The van der Waals surface area contributed by atoms with Gasteiger partial charge in [0.1, 0.15) is 5.75 Å². The Labute approximate surface area is 142 Å². The molecule has 3 rings (SSSR count). The summed E-state index contributed by atoms with van der Waals surface area (Å²) in [5.74, 6) is 0.537. The standard InChI is InChI=1S/C19H23N3O2/c1-15-2-8-18(9-3-15)24-14-19(23)21-16-4-6-17(7-5-16)22-12-10-20-11-13-22/h2-9,20H,10-14H2,1H3,(H,21,23). The summed E-state index contributed by atoms with van der Waals surface area (Å²) >= 11 is 0. The lowest BCUT2D eigenvalue weighted by Crippen LogP contribution is -2.43. The zero-order valence-electron chi connectivity index (χ0n) is 13.9. The molecule has 1 aliphatic rings. The summed E-state index contributed by atoms with van der Waals surface area (Å²) in [6.45, 7) is 6.05. The summed E-state index contributed by atoms with van der Waals surface area (Å²) < 4.78 is 5.49. The van der Waals surface area contributed by atoms with Gasteiger partial charge in [0.2, 0.25) is 0 Å². The van der Waals surface area contributed by atoms with Crippen LogP contribution in [0.3, 0.4) is 0 Å². The van der Waals surface area contributed by atoms with Crippen LogP contribution in [0.25, 0.3) is 0 Å². The second-order valence-corrected chi connectivity index (χ2v) is 5.93. The second-order valence-electron chi connectivity index (χ2n) is 5.93. The molecule has 0 spiro atoms. The van der Waals surface area contributed by atoms with Crippen molar-refractivity contribution in [1.82, 2.24) is 5.32 Å². The Hall–Kier alpha value is -2.53. The number of rotatable bonds is 5. The third kappa shape index (κ3) is 4.49. The summed E-state index contributed by atoms with van der Waals surface area (Å²) in [5.41, 5.74) is 3.13. The van der Waals surface area contributed by atoms with Gasteiger partial charge in [0, 0.05) is 37.6 Å². The van der Waals surface area contributed by atoms with Crippen LogP contribution in [0.1, 0.15) is 5.56 Å². The first kappa shape index (κ1) is 16.3. The molecule has 0 aliphatic carbocycles. The molecule has 24 heavy (non-hydrogen) atoms. The van der Waals surface area contributed by atoms with Crippen molar-refractivity contribution in [2.24, 2.45) is 0 Å². The van der Waals surface area contributed by atoms with Gasteiger partial charge in [0.05, 0.1) is 0 Å². The maximum Gasteiger partial charge on any atom is 0.262 e. The molecule has 0 aromatic heterocycles. The first-order valence-corrected chi connectivity index (χ1v) is 8.26. The fourth-order valence-corrected chi connectivity index (χ4v) is 2.66. The van der Waals surface area contributed by atoms with Crippen LogP contribution in [0, 0.1) is 6.92 Å². The Bertz CT molecular complexity index is 662. The molecule has 1 aliphatic heterocycles. The van der Waals surface area contributed by atoms with E-state index in [1.165, 1.54) is 5.69 Å². The molecule has 1 heterocycles. The molecule has 2 aromatic carbocycles. The number of aryl methyl sites for hydroxylation is 1. The molecule has 1 saturated heterocycles. The van der Waals surface area contributed by atoms with Gasteiger partial charge in [-0.1, -0.05) is 17.7 Å². The molecule has 1 fully saturated rings. The van der Waals surface area contributed by atoms with Gasteiger partial charge in [-0.25, -0.2) is 0 Å². The van der Waals surface area contributed by atoms with Crippen LogP contribution >= 0.6 is 0 Å². The molecule has 1 amide bonds. The van der Waals surface area contributed by atoms with E-state index in [1.807, 2.05) is 55.5 Å².